The monoisotopic (exact) mass is 2340 g/mol. The van der Waals surface area contributed by atoms with E-state index >= 15 is 0 Å². The summed E-state index contributed by atoms with van der Waals surface area (Å²) in [6.45, 7) is 24.2. The first-order chi connectivity index (χ1) is 63.8. The van der Waals surface area contributed by atoms with Crippen LogP contribution in [0.2, 0.25) is 10.0 Å². The minimum absolute atomic E-state index is 0. The van der Waals surface area contributed by atoms with Crippen molar-refractivity contribution in [3.8, 4) is 5.75 Å². The number of fused-ring (bicyclic) bond motifs is 3. The normalized spacial score (nSPS) is 13.3. The first-order valence-electron chi connectivity index (χ1n) is 40.9. The molecule has 0 atom stereocenters. The van der Waals surface area contributed by atoms with Gasteiger partial charge in [-0.25, -0.2) is 33.4 Å². The molecule has 0 saturated heterocycles. The zero-order valence-corrected chi connectivity index (χ0v) is 90.5. The summed E-state index contributed by atoms with van der Waals surface area (Å²) < 4.78 is 142. The summed E-state index contributed by atoms with van der Waals surface area (Å²) >= 11 is 30.9. The number of phenolic OH excluding ortho intramolecular Hbond substituents is 1. The van der Waals surface area contributed by atoms with Gasteiger partial charge in [0, 0.05) is 85.9 Å². The Morgan fingerprint density at radius 1 is 0.582 bits per heavy atom. The number of nitro groups is 2. The average Bonchev–Trinajstić information content (AvgIpc) is 1.07. The fourth-order valence-electron chi connectivity index (χ4n) is 9.63. The third kappa shape index (κ3) is 62.6. The number of nitrogens with two attached hydrogens (primary N) is 2. The number of hydrogen-bond donors (Lipinski definition) is 7. The molecule has 3 heterocycles. The van der Waals surface area contributed by atoms with Gasteiger partial charge in [-0.05, 0) is 251 Å². The van der Waals surface area contributed by atoms with Crippen LogP contribution in [0.4, 0.5) is 60.5 Å². The van der Waals surface area contributed by atoms with E-state index in [1.165, 1.54) is 93.0 Å². The Morgan fingerprint density at radius 2 is 0.908 bits per heavy atom. The largest absolute Gasteiger partial charge is 1.00 e. The van der Waals surface area contributed by atoms with Crippen molar-refractivity contribution in [3.05, 3.63) is 160 Å². The Bertz CT molecular complexity index is 5640. The van der Waals surface area contributed by atoms with Crippen molar-refractivity contribution in [1.29, 1.82) is 0 Å². The van der Waals surface area contributed by atoms with Crippen LogP contribution in [-0.4, -0.2) is 178 Å². The van der Waals surface area contributed by atoms with E-state index in [4.69, 9.17) is 82.2 Å². The molecule has 141 heavy (non-hydrogen) atoms. The van der Waals surface area contributed by atoms with Gasteiger partial charge in [-0.2, -0.15) is 51.6 Å². The number of aryl methyl sites for hydroxylation is 5. The molecule has 59 heteroatoms. The summed E-state index contributed by atoms with van der Waals surface area (Å²) in [5.41, 5.74) is 12.0. The van der Waals surface area contributed by atoms with Gasteiger partial charge >= 0.3 is 75.9 Å². The Hall–Kier alpha value is -8.65. The number of nitrogen functional groups attached to an aromatic ring is 2. The molecule has 6 saturated carbocycles. The number of nitrogens with zero attached hydrogens (tertiary/aromatic N) is 12. The van der Waals surface area contributed by atoms with Crippen molar-refractivity contribution < 1.29 is 153 Å². The second-order valence-electron chi connectivity index (χ2n) is 31.7. The number of nitrogens with one attached hydrogen (secondary N) is 2. The topological polar surface area (TPSA) is 592 Å². The first kappa shape index (κ1) is 136. The molecule has 0 unspecified atom stereocenters. The van der Waals surface area contributed by atoms with Gasteiger partial charge in [0.15, 0.2) is 5.34 Å². The molecular formula is C82H111B2Br3Cl4F6N16NaO24S3. The number of carbonyl (C=O) groups excluding carboxylic acids is 4. The predicted octanol–water partition coefficient (Wildman–Crippen LogP) is 15.8. The number of alkyl halides is 8. The number of nitro benzene ring substituents is 2. The summed E-state index contributed by atoms with van der Waals surface area (Å²) in [5.74, 6) is 1.31. The minimum Gasteiger partial charge on any atom is -0.550 e. The molecule has 0 amide bonds. The number of halogens is 13. The van der Waals surface area contributed by atoms with Gasteiger partial charge < -0.3 is 51.8 Å². The van der Waals surface area contributed by atoms with E-state index in [2.05, 4.69) is 159 Å². The number of carbonyl (C=O) groups is 5. The molecule has 9 N–H and O–H groups in total. The van der Waals surface area contributed by atoms with E-state index < -0.39 is 75.8 Å². The number of benzene rings is 6. The Kier molecular flexibility index (Phi) is 64.3. The molecule has 779 valence electrons. The number of aliphatic carboxylic acids is 2. The van der Waals surface area contributed by atoms with E-state index in [0.717, 1.165) is 158 Å². The van der Waals surface area contributed by atoms with E-state index in [9.17, 15) is 96.2 Å². The molecule has 3 aromatic heterocycles. The third-order valence-corrected chi connectivity index (χ3v) is 20.5. The fourth-order valence-corrected chi connectivity index (χ4v) is 11.6. The molecule has 0 spiro atoms. The van der Waals surface area contributed by atoms with Crippen LogP contribution in [0.25, 0.3) is 33.1 Å². The van der Waals surface area contributed by atoms with Crippen molar-refractivity contribution in [2.24, 2.45) is 40.8 Å². The van der Waals surface area contributed by atoms with Crippen LogP contribution in [0, 0.1) is 95.3 Å². The summed E-state index contributed by atoms with van der Waals surface area (Å²) in [4.78, 5) is 88.7. The smallest absolute Gasteiger partial charge is 0.550 e. The van der Waals surface area contributed by atoms with Crippen LogP contribution in [0.3, 0.4) is 0 Å². The van der Waals surface area contributed by atoms with Gasteiger partial charge in [-0.3, -0.25) is 29.6 Å². The van der Waals surface area contributed by atoms with E-state index in [1.54, 1.807) is 58.0 Å². The summed E-state index contributed by atoms with van der Waals surface area (Å²) in [7, 11) is -17.4. The number of aromatic nitrogens is 9. The Morgan fingerprint density at radius 3 is 1.23 bits per heavy atom. The van der Waals surface area contributed by atoms with Crippen molar-refractivity contribution in [1.82, 2.24) is 45.0 Å². The average molecular weight is 2340 g/mol. The molecule has 9 aromatic rings. The minimum atomic E-state index is -6.85. The quantitative estimate of drug-likeness (QED) is 0.00358. The van der Waals surface area contributed by atoms with Gasteiger partial charge in [-0.1, -0.05) is 76.6 Å². The number of carboxylic acid groups (broad SMARTS) is 2. The van der Waals surface area contributed by atoms with Crippen molar-refractivity contribution in [2.75, 3.05) is 46.8 Å². The Balaban J connectivity index is -0.00000148. The number of phenols is 1. The van der Waals surface area contributed by atoms with E-state index in [1.807, 2.05) is 49.7 Å². The third-order valence-electron chi connectivity index (χ3n) is 17.1. The van der Waals surface area contributed by atoms with Gasteiger partial charge in [0.2, 0.25) is 0 Å². The number of rotatable bonds is 18. The maximum absolute atomic E-state index is 11.4. The molecular weight excluding hydrogens is 2230 g/mol. The van der Waals surface area contributed by atoms with Crippen LogP contribution in [0.5, 0.6) is 5.75 Å². The predicted molar refractivity (Wildman–Crippen MR) is 533 cm³/mol. The molecule has 6 fully saturated rings. The second kappa shape index (κ2) is 66.4. The molecule has 0 aliphatic heterocycles. The van der Waals surface area contributed by atoms with Crippen molar-refractivity contribution in [2.45, 2.75) is 204 Å². The Labute approximate surface area is 880 Å². The van der Waals surface area contributed by atoms with Crippen LogP contribution >= 0.6 is 93.7 Å². The molecule has 6 aliphatic rings. The summed E-state index contributed by atoms with van der Waals surface area (Å²) in [6, 6.07) is 30.0. The molecule has 0 bridgehead atoms. The molecule has 15 rings (SSSR count). The standard InChI is InChI=1S/C11H12ClN3.C11H13N3.C11H14N2O2.C11H16N2.C10H10ClN3O.C7H8N2O2.C4H9NO2.C4H6O4.C4H6O.C2F6O5S2.2C2H4O2.CH2Cl2.CH4O3S.CH4.BBr3.B.Na/c1-7-2-5-9-11(10(7)12)13-14-15(9)6-8-3-4-8;1-8-2-5-11-10(6-8)12-13-14(11)7-9-3-4-9;1-8-2-5-10(11(6-8)13(14)15)12-7-9-3-4-9;1-8-2-5-11(10(12)6-8)13-7-9-3-4-9;11-9-8(15)4-3-7-10(9)12-13-14(7)5-6-1-2-6;1-5-2-3-6(8)7(4-5)9(10)11;1-4(2,3)7-5-6;1-3(5)7-8-4(2)6;5-3-4-1-2-4;3-1(4,5)14(9,10)13-15(11,12)2(6,7)8;2*1-2(3)4;2-1-3;1-5(2,3)4;;2-1(3)4;;/h2,5,8H,3-4,6H2,1H3;2,5-6,9H,3-4,7H2,1H3;2,5-6,9,12H,3-4,7H2,1H3;2,5-6,9,13H,3-4,7,12H2,1H3;3-4,6,15H,1-2,5H2;2-4H,8H2,1H3;1-3H3;1-2H3;3-4H,1-2H2;;2*1H3,(H,3,4);1H2;1H3,(H,2,3,4);1H4;;;/q;;;;;;;;;;;;;;;;;+1/p-1. The summed E-state index contributed by atoms with van der Waals surface area (Å²) in [5, 5.41) is 81.5. The van der Waals surface area contributed by atoms with Crippen LogP contribution in [0.1, 0.15) is 161 Å². The number of carboxylic acids is 2. The number of hydrogen-bond acceptors (Lipinski definition) is 33. The molecule has 6 aliphatic carbocycles. The van der Waals surface area contributed by atoms with Crippen LogP contribution in [-0.2, 0) is 92.2 Å². The fraction of sp³-hybridized carbons (Fsp3) is 0.500. The molecule has 6 aromatic carbocycles. The number of aromatic hydroxyl groups is 1. The van der Waals surface area contributed by atoms with Gasteiger partial charge in [0.05, 0.1) is 54.4 Å². The second-order valence-corrected chi connectivity index (χ2v) is 44.4. The number of aldehydes is 1. The zero-order chi connectivity index (χ0) is 106. The SMILES string of the molecule is BrB(Br)Br.C.CC(=O)O.CC(=O)OOC(C)=O.CC(=O)[O-].CC(C)(C)ON=O.CS(=O)(=O)O.Cc1ccc(N)c([N+](=O)[O-])c1.Cc1ccc(NCC2CC2)c(N)c1.Cc1ccc(NCC2CC2)c([N+](=O)[O-])c1.Cc1ccc2c(c1)nnn2CC1CC1.Cc1ccc2c(nnn2CC2CC2)c1Cl.ClCCl.O=CC1CC1.O=S(=O)(OS(=O)(=O)C(F)(F)F)C(F)(F)F.Oc1ccc2c(nnn2CC2CC2)c1Cl.[B].[Na+]. The van der Waals surface area contributed by atoms with Gasteiger partial charge in [0.1, 0.15) is 50.6 Å². The van der Waals surface area contributed by atoms with Crippen LogP contribution < -0.4 is 56.8 Å². The van der Waals surface area contributed by atoms with E-state index in [0.29, 0.717) is 29.3 Å². The van der Waals surface area contributed by atoms with Crippen LogP contribution in [0.15, 0.2) is 102 Å². The van der Waals surface area contributed by atoms with E-state index in [-0.39, 0.29) is 86.7 Å². The van der Waals surface area contributed by atoms with Gasteiger partial charge in [-0.15, -0.1) is 94.3 Å². The zero-order valence-electron chi connectivity index (χ0n) is 78.2. The van der Waals surface area contributed by atoms with Gasteiger partial charge in [0.25, 0.3) is 27.5 Å². The maximum atomic E-state index is 11.4. The van der Waals surface area contributed by atoms with Crippen molar-refractivity contribution >= 4 is 233 Å². The first-order valence-corrected chi connectivity index (χ1v) is 50.1. The molecule has 40 nitrogen and oxygen atoms in total. The molecule has 3 radical (unpaired) electrons. The number of anilines is 4. The summed E-state index contributed by atoms with van der Waals surface area (Å²) in [6.07, 6.45) is 17.2. The maximum Gasteiger partial charge on any atom is 1.00 e. The van der Waals surface area contributed by atoms with Crippen molar-refractivity contribution in [3.63, 3.8) is 0 Å².